The zero-order chi connectivity index (χ0) is 23.6. The number of anilines is 1. The van der Waals surface area contributed by atoms with Gasteiger partial charge in [0.05, 0.1) is 12.8 Å². The maximum Gasteiger partial charge on any atom is 0.143 e. The molecule has 3 aliphatic carbocycles. The van der Waals surface area contributed by atoms with Crippen LogP contribution in [0.25, 0.3) is 11.6 Å². The second-order valence-corrected chi connectivity index (χ2v) is 10.6. The Kier molecular flexibility index (Phi) is 7.03. The van der Waals surface area contributed by atoms with Gasteiger partial charge in [-0.05, 0) is 83.6 Å². The molecule has 4 nitrogen and oxygen atoms in total. The average Bonchev–Trinajstić information content (AvgIpc) is 3.58. The van der Waals surface area contributed by atoms with E-state index in [0.717, 1.165) is 30.7 Å². The summed E-state index contributed by atoms with van der Waals surface area (Å²) in [7, 11) is -1.32. The van der Waals surface area contributed by atoms with E-state index in [9.17, 15) is 9.11 Å². The molecule has 0 heterocycles. The number of fused-ring (bicyclic) bond motifs is 3. The normalized spacial score (nSPS) is 22.7. The van der Waals surface area contributed by atoms with Crippen LogP contribution in [0.3, 0.4) is 0 Å². The van der Waals surface area contributed by atoms with Gasteiger partial charge in [0.1, 0.15) is 5.75 Å². The highest BCUT2D eigenvalue weighted by Gasteiger charge is 2.41. The van der Waals surface area contributed by atoms with Crippen LogP contribution < -0.4 is 9.46 Å². The van der Waals surface area contributed by atoms with Crippen LogP contribution in [0, 0.1) is 11.8 Å². The third-order valence-corrected chi connectivity index (χ3v) is 7.12. The van der Waals surface area contributed by atoms with Crippen LogP contribution in [0.5, 0.6) is 5.75 Å². The van der Waals surface area contributed by atoms with E-state index in [2.05, 4.69) is 47.2 Å². The van der Waals surface area contributed by atoms with Crippen LogP contribution in [-0.2, 0) is 6.42 Å². The molecule has 0 radical (unpaired) electrons. The molecule has 5 heteroatoms. The van der Waals surface area contributed by atoms with E-state index in [-0.39, 0.29) is 0 Å². The Morgan fingerprint density at radius 2 is 1.88 bits per heavy atom. The van der Waals surface area contributed by atoms with E-state index in [1.54, 1.807) is 12.7 Å². The number of rotatable bonds is 4. The first kappa shape index (κ1) is 23.7. The smallest absolute Gasteiger partial charge is 0.143 e. The Balaban J connectivity index is 0.00000126. The first-order valence-corrected chi connectivity index (χ1v) is 13.8. The number of benzene rings is 2. The van der Waals surface area contributed by atoms with E-state index >= 15 is 0 Å². The van der Waals surface area contributed by atoms with Crippen molar-refractivity contribution in [3.8, 4) is 5.75 Å². The molecular weight excluding hydrogens is 430 g/mol. The monoisotopic (exact) mass is 465 g/mol. The maximum atomic E-state index is 9.93. The minimum atomic E-state index is -2.91. The molecule has 0 bridgehead atoms. The highest BCUT2D eigenvalue weighted by Crippen LogP contribution is 2.53. The predicted octanol–water partition coefficient (Wildman–Crippen LogP) is 7.81. The lowest BCUT2D eigenvalue weighted by Crippen LogP contribution is -2.07. The highest BCUT2D eigenvalue weighted by atomic mass is 32.3. The third-order valence-electron chi connectivity index (χ3n) is 6.51. The SMILES string of the molecule is CC.COc1ccc(/C=C2\C3=C(CCc4ccccc42)C2CC2C=CC3)cc1NS(C)(O)O. The molecular formula is C28H35NO3S. The van der Waals surface area contributed by atoms with Crippen molar-refractivity contribution in [1.29, 1.82) is 0 Å². The fraction of sp³-hybridized carbons (Fsp3) is 0.357. The largest absolute Gasteiger partial charge is 0.495 e. The molecule has 2 unspecified atom stereocenters. The Morgan fingerprint density at radius 3 is 2.64 bits per heavy atom. The summed E-state index contributed by atoms with van der Waals surface area (Å²) in [5.74, 6) is 2.01. The summed E-state index contributed by atoms with van der Waals surface area (Å²) in [5, 5.41) is 0. The molecule has 33 heavy (non-hydrogen) atoms. The van der Waals surface area contributed by atoms with E-state index in [1.165, 1.54) is 34.9 Å². The molecule has 1 saturated carbocycles. The van der Waals surface area contributed by atoms with Crippen molar-refractivity contribution >= 4 is 28.1 Å². The highest BCUT2D eigenvalue weighted by molar-refractivity contribution is 8.24. The molecule has 0 aromatic heterocycles. The van der Waals surface area contributed by atoms with Crippen molar-refractivity contribution in [2.24, 2.45) is 11.8 Å². The third kappa shape index (κ3) is 5.21. The molecule has 3 aliphatic rings. The quantitative estimate of drug-likeness (QED) is 0.403. The van der Waals surface area contributed by atoms with Gasteiger partial charge in [0.2, 0.25) is 0 Å². The summed E-state index contributed by atoms with van der Waals surface area (Å²) in [6, 6.07) is 14.6. The number of hydrogen-bond acceptors (Lipinski definition) is 4. The summed E-state index contributed by atoms with van der Waals surface area (Å²) in [4.78, 5) is 0. The van der Waals surface area contributed by atoms with Crippen LogP contribution in [0.15, 0.2) is 65.8 Å². The van der Waals surface area contributed by atoms with Gasteiger partial charge in [0, 0.05) is 6.26 Å². The van der Waals surface area contributed by atoms with Gasteiger partial charge < -0.3 is 4.74 Å². The molecule has 176 valence electrons. The lowest BCUT2D eigenvalue weighted by atomic mass is 9.89. The van der Waals surface area contributed by atoms with Gasteiger partial charge in [-0.25, -0.2) is 0 Å². The Bertz CT molecular complexity index is 1110. The van der Waals surface area contributed by atoms with Crippen molar-refractivity contribution in [3.05, 3.63) is 82.5 Å². The molecule has 1 fully saturated rings. The van der Waals surface area contributed by atoms with Gasteiger partial charge in [0.25, 0.3) is 0 Å². The second kappa shape index (κ2) is 9.80. The second-order valence-electron chi connectivity index (χ2n) is 8.75. The summed E-state index contributed by atoms with van der Waals surface area (Å²) in [5.41, 5.74) is 8.69. The van der Waals surface area contributed by atoms with Crippen molar-refractivity contribution < 1.29 is 13.8 Å². The fourth-order valence-corrected chi connectivity index (χ4v) is 5.61. The molecule has 0 spiro atoms. The zero-order valence-electron chi connectivity index (χ0n) is 20.0. The summed E-state index contributed by atoms with van der Waals surface area (Å²) < 4.78 is 28.1. The number of nitrogens with one attached hydrogen (secondary N) is 1. The molecule has 0 aliphatic heterocycles. The average molecular weight is 466 g/mol. The van der Waals surface area contributed by atoms with Crippen molar-refractivity contribution in [2.75, 3.05) is 18.1 Å². The van der Waals surface area contributed by atoms with E-state index in [0.29, 0.717) is 17.4 Å². The van der Waals surface area contributed by atoms with Gasteiger partial charge in [0.15, 0.2) is 0 Å². The predicted molar refractivity (Wildman–Crippen MR) is 142 cm³/mol. The molecule has 0 amide bonds. The Hall–Kier alpha value is -2.47. The lowest BCUT2D eigenvalue weighted by Gasteiger charge is -2.29. The minimum absolute atomic E-state index is 0.582. The van der Waals surface area contributed by atoms with Crippen molar-refractivity contribution in [2.45, 2.75) is 39.5 Å². The Labute approximate surface area is 199 Å². The number of aryl methyl sites for hydroxylation is 1. The molecule has 2 atom stereocenters. The van der Waals surface area contributed by atoms with Gasteiger partial charge in [-0.1, -0.05) is 61.9 Å². The van der Waals surface area contributed by atoms with E-state index in [1.807, 2.05) is 32.0 Å². The van der Waals surface area contributed by atoms with Crippen LogP contribution in [-0.4, -0.2) is 22.5 Å². The lowest BCUT2D eigenvalue weighted by molar-refractivity contribution is 0.416. The topological polar surface area (TPSA) is 61.7 Å². The molecule has 2 aromatic rings. The van der Waals surface area contributed by atoms with Crippen LogP contribution in [0.2, 0.25) is 0 Å². The number of hydrogen-bond donors (Lipinski definition) is 3. The summed E-state index contributed by atoms with van der Waals surface area (Å²) >= 11 is 0. The molecule has 0 saturated heterocycles. The van der Waals surface area contributed by atoms with Gasteiger partial charge in [-0.3, -0.25) is 13.8 Å². The number of methoxy groups -OCH3 is 1. The number of ether oxygens (including phenoxy) is 1. The zero-order valence-corrected chi connectivity index (χ0v) is 20.8. The molecule has 3 N–H and O–H groups in total. The first-order chi connectivity index (χ1) is 15.9. The maximum absolute atomic E-state index is 9.93. The standard InChI is InChI=1S/C26H29NO3S.C2H6/c1-30-26-13-10-17(15-25(26)27-31(2,28)29)14-24-20-8-4-3-6-18(20)11-12-22-21(24)9-5-7-19-16-23(19)22;1-2/h3-8,10,13-15,19,23,27-29H,9,11-12,16H2,1-2H3;1-2H3/b24-14-;. The van der Waals surface area contributed by atoms with E-state index < -0.39 is 10.8 Å². The van der Waals surface area contributed by atoms with Crippen LogP contribution in [0.1, 0.15) is 49.8 Å². The van der Waals surface area contributed by atoms with E-state index in [4.69, 9.17) is 4.74 Å². The van der Waals surface area contributed by atoms with Crippen molar-refractivity contribution in [3.63, 3.8) is 0 Å². The Morgan fingerprint density at radius 1 is 1.09 bits per heavy atom. The number of allylic oxidation sites excluding steroid dienone is 5. The van der Waals surface area contributed by atoms with Crippen LogP contribution in [0.4, 0.5) is 5.69 Å². The summed E-state index contributed by atoms with van der Waals surface area (Å²) in [6.07, 6.45) is 12.9. The first-order valence-electron chi connectivity index (χ1n) is 11.8. The molecule has 2 aromatic carbocycles. The fourth-order valence-electron chi connectivity index (χ4n) is 5.03. The van der Waals surface area contributed by atoms with Crippen molar-refractivity contribution in [1.82, 2.24) is 0 Å². The van der Waals surface area contributed by atoms with Gasteiger partial charge in [-0.15, -0.1) is 10.8 Å². The van der Waals surface area contributed by atoms with Gasteiger partial charge in [-0.2, -0.15) is 0 Å². The molecule has 5 rings (SSSR count). The summed E-state index contributed by atoms with van der Waals surface area (Å²) in [6.45, 7) is 4.00. The van der Waals surface area contributed by atoms with Crippen LogP contribution >= 0.6 is 10.8 Å². The van der Waals surface area contributed by atoms with Gasteiger partial charge >= 0.3 is 0 Å². The minimum Gasteiger partial charge on any atom is -0.495 e.